The Balaban J connectivity index is 1.41. The van der Waals surface area contributed by atoms with Gasteiger partial charge in [-0.15, -0.1) is 0 Å². The Bertz CT molecular complexity index is 1130. The molecule has 33 heavy (non-hydrogen) atoms. The molecule has 2 aliphatic heterocycles. The van der Waals surface area contributed by atoms with Crippen LogP contribution in [0.5, 0.6) is 5.75 Å². The van der Waals surface area contributed by atoms with E-state index >= 15 is 0 Å². The highest BCUT2D eigenvalue weighted by Gasteiger charge is 2.80. The van der Waals surface area contributed by atoms with Gasteiger partial charge in [0.2, 0.25) is 0 Å². The fourth-order valence-electron chi connectivity index (χ4n) is 9.10. The SMILES string of the molecule is CO[C@]12CC[C@@]3(C[C@@H]1COS(C)(=O)=O)[C@H]1Cc4ccc(C)c5c4[C@@]3(CCN1CC1CC1)[C@H]2O5. The van der Waals surface area contributed by atoms with Crippen LogP contribution in [0.1, 0.15) is 55.2 Å². The van der Waals surface area contributed by atoms with Gasteiger partial charge in [0.1, 0.15) is 17.5 Å². The van der Waals surface area contributed by atoms with Gasteiger partial charge in [0, 0.05) is 42.0 Å². The Hall–Kier alpha value is -1.15. The molecule has 0 amide bonds. The number of ether oxygens (including phenoxy) is 2. The summed E-state index contributed by atoms with van der Waals surface area (Å²) in [6, 6.07) is 5.07. The quantitative estimate of drug-likeness (QED) is 0.592. The highest BCUT2D eigenvalue weighted by molar-refractivity contribution is 7.85. The van der Waals surface area contributed by atoms with Crippen molar-refractivity contribution in [2.45, 2.75) is 75.0 Å². The first-order chi connectivity index (χ1) is 15.7. The molecule has 8 rings (SSSR count). The van der Waals surface area contributed by atoms with Gasteiger partial charge in [0.25, 0.3) is 10.1 Å². The summed E-state index contributed by atoms with van der Waals surface area (Å²) in [6.45, 7) is 4.68. The summed E-state index contributed by atoms with van der Waals surface area (Å²) in [5, 5.41) is 0. The van der Waals surface area contributed by atoms with Crippen LogP contribution in [0.15, 0.2) is 12.1 Å². The zero-order chi connectivity index (χ0) is 22.8. The number of nitrogens with zero attached hydrogens (tertiary/aromatic N) is 1. The lowest BCUT2D eigenvalue weighted by atomic mass is 9.35. The molecule has 2 spiro atoms. The average Bonchev–Trinajstić information content (AvgIpc) is 3.52. The van der Waals surface area contributed by atoms with Crippen LogP contribution in [0, 0.1) is 24.2 Å². The van der Waals surface area contributed by atoms with E-state index in [0.717, 1.165) is 56.6 Å². The molecule has 5 aliphatic carbocycles. The van der Waals surface area contributed by atoms with Crippen LogP contribution in [0.2, 0.25) is 0 Å². The summed E-state index contributed by atoms with van der Waals surface area (Å²) in [5.41, 5.74) is 3.68. The first kappa shape index (κ1) is 21.2. The van der Waals surface area contributed by atoms with Crippen molar-refractivity contribution < 1.29 is 22.1 Å². The van der Waals surface area contributed by atoms with Crippen LogP contribution < -0.4 is 4.74 Å². The summed E-state index contributed by atoms with van der Waals surface area (Å²) in [5.74, 6) is 1.95. The van der Waals surface area contributed by atoms with Crippen molar-refractivity contribution in [1.29, 1.82) is 0 Å². The predicted octanol–water partition coefficient (Wildman–Crippen LogP) is 3.20. The minimum absolute atomic E-state index is 0.00337. The van der Waals surface area contributed by atoms with E-state index in [4.69, 9.17) is 13.7 Å². The van der Waals surface area contributed by atoms with Gasteiger partial charge in [-0.05, 0) is 75.5 Å². The lowest BCUT2D eigenvalue weighted by molar-refractivity contribution is -0.280. The second-order valence-corrected chi connectivity index (χ2v) is 13.5. The van der Waals surface area contributed by atoms with E-state index in [1.165, 1.54) is 36.1 Å². The van der Waals surface area contributed by atoms with E-state index in [1.54, 1.807) is 7.11 Å². The van der Waals surface area contributed by atoms with Crippen molar-refractivity contribution in [3.05, 3.63) is 28.8 Å². The molecule has 0 unspecified atom stereocenters. The summed E-state index contributed by atoms with van der Waals surface area (Å²) in [4.78, 5) is 2.81. The van der Waals surface area contributed by atoms with Crippen LogP contribution >= 0.6 is 0 Å². The molecule has 7 aliphatic rings. The smallest absolute Gasteiger partial charge is 0.264 e. The fourth-order valence-corrected chi connectivity index (χ4v) is 9.51. The predicted molar refractivity (Wildman–Crippen MR) is 124 cm³/mol. The molecular weight excluding hydrogens is 438 g/mol. The van der Waals surface area contributed by atoms with E-state index in [1.807, 2.05) is 0 Å². The van der Waals surface area contributed by atoms with Gasteiger partial charge in [-0.3, -0.25) is 9.08 Å². The highest BCUT2D eigenvalue weighted by Crippen LogP contribution is 2.76. The second kappa shape index (κ2) is 6.54. The number of likely N-dealkylation sites (tertiary alicyclic amines) is 1. The molecule has 1 aromatic rings. The van der Waals surface area contributed by atoms with E-state index in [-0.39, 0.29) is 29.5 Å². The van der Waals surface area contributed by atoms with Crippen molar-refractivity contribution in [1.82, 2.24) is 4.90 Å². The van der Waals surface area contributed by atoms with Gasteiger partial charge in [-0.2, -0.15) is 8.42 Å². The third-order valence-electron chi connectivity index (χ3n) is 10.5. The summed E-state index contributed by atoms with van der Waals surface area (Å²) >= 11 is 0. The Labute approximate surface area is 197 Å². The van der Waals surface area contributed by atoms with Crippen LogP contribution in [0.4, 0.5) is 0 Å². The molecule has 4 saturated carbocycles. The van der Waals surface area contributed by atoms with E-state index in [2.05, 4.69) is 24.0 Å². The molecule has 0 radical (unpaired) electrons. The molecule has 0 aromatic heterocycles. The van der Waals surface area contributed by atoms with Gasteiger partial charge in [-0.1, -0.05) is 12.1 Å². The minimum Gasteiger partial charge on any atom is -0.486 e. The normalized spacial score (nSPS) is 42.8. The zero-order valence-corrected chi connectivity index (χ0v) is 20.7. The minimum atomic E-state index is -3.52. The van der Waals surface area contributed by atoms with Gasteiger partial charge >= 0.3 is 0 Å². The number of fused-ring (bicyclic) bond motifs is 2. The molecular formula is C26H35NO5S. The molecule has 2 heterocycles. The van der Waals surface area contributed by atoms with Gasteiger partial charge in [0.15, 0.2) is 0 Å². The Morgan fingerprint density at radius 3 is 2.76 bits per heavy atom. The number of methoxy groups -OCH3 is 1. The van der Waals surface area contributed by atoms with Crippen LogP contribution in [0.25, 0.3) is 0 Å². The molecule has 6 atom stereocenters. The summed E-state index contributed by atoms with van der Waals surface area (Å²) < 4.78 is 42.7. The van der Waals surface area contributed by atoms with Gasteiger partial charge in [-0.25, -0.2) is 0 Å². The van der Waals surface area contributed by atoms with Crippen LogP contribution in [-0.4, -0.2) is 64.1 Å². The summed E-state index contributed by atoms with van der Waals surface area (Å²) in [6.07, 6.45) is 8.97. The van der Waals surface area contributed by atoms with Crippen LogP contribution in [-0.2, 0) is 30.9 Å². The molecule has 1 saturated heterocycles. The van der Waals surface area contributed by atoms with Crippen molar-refractivity contribution in [3.8, 4) is 5.75 Å². The maximum Gasteiger partial charge on any atom is 0.264 e. The fraction of sp³-hybridized carbons (Fsp3) is 0.769. The molecule has 7 heteroatoms. The molecule has 180 valence electrons. The topological polar surface area (TPSA) is 65.1 Å². The molecule has 5 fully saturated rings. The number of hydrogen-bond acceptors (Lipinski definition) is 6. The third-order valence-corrected chi connectivity index (χ3v) is 11.1. The first-order valence-electron chi connectivity index (χ1n) is 12.7. The Morgan fingerprint density at radius 2 is 2.03 bits per heavy atom. The Kier molecular flexibility index (Phi) is 4.19. The highest BCUT2D eigenvalue weighted by atomic mass is 32.2. The number of rotatable bonds is 6. The van der Waals surface area contributed by atoms with Crippen LogP contribution in [0.3, 0.4) is 0 Å². The maximum atomic E-state index is 12.0. The maximum absolute atomic E-state index is 12.0. The van der Waals surface area contributed by atoms with E-state index in [9.17, 15) is 8.42 Å². The van der Waals surface area contributed by atoms with E-state index < -0.39 is 15.7 Å². The third kappa shape index (κ3) is 2.52. The zero-order valence-electron chi connectivity index (χ0n) is 19.9. The number of aryl methyl sites for hydroxylation is 1. The lowest BCUT2D eigenvalue weighted by Crippen LogP contribution is -2.81. The van der Waals surface area contributed by atoms with E-state index in [0.29, 0.717) is 6.04 Å². The van der Waals surface area contributed by atoms with Crippen molar-refractivity contribution in [2.75, 3.05) is 33.1 Å². The summed E-state index contributed by atoms with van der Waals surface area (Å²) in [7, 11) is -1.72. The molecule has 6 nitrogen and oxygen atoms in total. The molecule has 0 N–H and O–H groups in total. The molecule has 1 aromatic carbocycles. The first-order valence-corrected chi connectivity index (χ1v) is 14.5. The van der Waals surface area contributed by atoms with Gasteiger partial charge in [0.05, 0.1) is 12.9 Å². The largest absolute Gasteiger partial charge is 0.486 e. The second-order valence-electron chi connectivity index (χ2n) is 11.8. The number of benzene rings is 1. The number of piperidine rings is 1. The average molecular weight is 474 g/mol. The Morgan fingerprint density at radius 1 is 1.21 bits per heavy atom. The monoisotopic (exact) mass is 473 g/mol. The lowest BCUT2D eigenvalue weighted by Gasteiger charge is -2.74. The molecule has 4 bridgehead atoms. The van der Waals surface area contributed by atoms with Crippen molar-refractivity contribution >= 4 is 10.1 Å². The number of hydrogen-bond donors (Lipinski definition) is 0. The van der Waals surface area contributed by atoms with Crippen molar-refractivity contribution in [3.63, 3.8) is 0 Å². The van der Waals surface area contributed by atoms with Gasteiger partial charge < -0.3 is 9.47 Å². The standard InChI is InChI=1S/C26H35NO5S/c1-16-4-7-18-12-20-24-8-9-26(30-2,19(13-24)15-31-33(3,28)29)23-25(24,21(18)22(16)32-23)10-11-27(20)14-17-5-6-17/h4,7,17,19-20,23H,5-6,8-15H2,1-3H3/t19-,20-,23-,24-,25+,26-/m1/s1. The van der Waals surface area contributed by atoms with Crippen molar-refractivity contribution in [2.24, 2.45) is 17.3 Å².